The second-order valence-electron chi connectivity index (χ2n) is 8.35. The van der Waals surface area contributed by atoms with Gasteiger partial charge in [0.15, 0.2) is 5.76 Å². The zero-order valence-corrected chi connectivity index (χ0v) is 21.0. The van der Waals surface area contributed by atoms with Crippen LogP contribution in [0, 0.1) is 13.8 Å². The lowest BCUT2D eigenvalue weighted by molar-refractivity contribution is 0.0695. The molecule has 0 atom stereocenters. The molecule has 9 heteroatoms. The first-order valence-electron chi connectivity index (χ1n) is 10.9. The number of carboxylic acid groups (broad SMARTS) is 1. The van der Waals surface area contributed by atoms with Crippen molar-refractivity contribution in [2.45, 2.75) is 39.5 Å². The number of hydrogen-bond donors (Lipinski definition) is 2. The first-order chi connectivity index (χ1) is 16.3. The molecule has 3 aromatic heterocycles. The lowest BCUT2D eigenvalue weighted by Crippen LogP contribution is -2.16. The summed E-state index contributed by atoms with van der Waals surface area (Å²) in [7, 11) is 0. The van der Waals surface area contributed by atoms with Crippen LogP contribution in [0.3, 0.4) is 0 Å². The molecule has 0 saturated carbocycles. The van der Waals surface area contributed by atoms with Gasteiger partial charge in [0.05, 0.1) is 11.8 Å². The van der Waals surface area contributed by atoms with Crippen LogP contribution in [0.15, 0.2) is 44.3 Å². The second-order valence-corrected chi connectivity index (χ2v) is 10.3. The Morgan fingerprint density at radius 2 is 2.00 bits per heavy atom. The number of rotatable bonds is 5. The number of nitrogens with zero attached hydrogens (tertiary/aromatic N) is 2. The van der Waals surface area contributed by atoms with Crippen LogP contribution in [-0.4, -0.2) is 27.8 Å². The molecule has 0 unspecified atom stereocenters. The van der Waals surface area contributed by atoms with Crippen LogP contribution in [0.25, 0.3) is 16.0 Å². The molecule has 0 fully saturated rings. The van der Waals surface area contributed by atoms with E-state index in [0.717, 1.165) is 63.1 Å². The average molecular weight is 540 g/mol. The molecule has 0 spiro atoms. The van der Waals surface area contributed by atoms with Crippen molar-refractivity contribution in [1.29, 1.82) is 0 Å². The number of aryl methyl sites for hydroxylation is 2. The number of amides is 1. The number of halogens is 1. The number of aromatic nitrogens is 1. The Hall–Kier alpha value is -3.17. The maximum Gasteiger partial charge on any atom is 0.339 e. The van der Waals surface area contributed by atoms with Crippen molar-refractivity contribution in [2.24, 2.45) is 5.10 Å². The Balaban J connectivity index is 1.41. The molecule has 1 aliphatic carbocycles. The smallest absolute Gasteiger partial charge is 0.339 e. The van der Waals surface area contributed by atoms with E-state index in [1.165, 1.54) is 4.88 Å². The number of hydrogen-bond acceptors (Lipinski definition) is 5. The van der Waals surface area contributed by atoms with E-state index in [0.29, 0.717) is 11.1 Å². The molecule has 0 saturated heterocycles. The number of carbonyl (C=O) groups excluding carboxylic acids is 1. The fourth-order valence-electron chi connectivity index (χ4n) is 4.50. The SMILES string of the molecule is Cc1cc(/C=N/NC(=O)c2cc3cc(Br)ccc3o2)c(C)n1-c1sc2c(c1C(=O)O)CCCC2. The van der Waals surface area contributed by atoms with E-state index in [1.807, 2.05) is 36.6 Å². The monoisotopic (exact) mass is 539 g/mol. The van der Waals surface area contributed by atoms with Gasteiger partial charge in [-0.1, -0.05) is 15.9 Å². The van der Waals surface area contributed by atoms with Crippen LogP contribution >= 0.6 is 27.3 Å². The lowest BCUT2D eigenvalue weighted by Gasteiger charge is -2.11. The lowest BCUT2D eigenvalue weighted by atomic mass is 9.95. The number of thiophene rings is 1. The summed E-state index contributed by atoms with van der Waals surface area (Å²) in [6.07, 6.45) is 5.43. The molecule has 7 nitrogen and oxygen atoms in total. The van der Waals surface area contributed by atoms with Crippen molar-refractivity contribution in [3.8, 4) is 5.00 Å². The highest BCUT2D eigenvalue weighted by Gasteiger charge is 2.27. The van der Waals surface area contributed by atoms with Gasteiger partial charge in [0.2, 0.25) is 0 Å². The van der Waals surface area contributed by atoms with Gasteiger partial charge in [-0.2, -0.15) is 5.10 Å². The molecule has 34 heavy (non-hydrogen) atoms. The Morgan fingerprint density at radius 3 is 2.79 bits per heavy atom. The molecule has 4 aromatic rings. The van der Waals surface area contributed by atoms with Crippen LogP contribution in [0.1, 0.15) is 61.1 Å². The average Bonchev–Trinajstić information content (AvgIpc) is 3.46. The van der Waals surface area contributed by atoms with E-state index in [-0.39, 0.29) is 5.76 Å². The Bertz CT molecular complexity index is 1480. The van der Waals surface area contributed by atoms with E-state index in [9.17, 15) is 14.7 Å². The number of carbonyl (C=O) groups is 2. The van der Waals surface area contributed by atoms with Gasteiger partial charge in [-0.3, -0.25) is 4.79 Å². The molecule has 0 bridgehead atoms. The Labute approximate surface area is 208 Å². The number of fused-ring (bicyclic) bond motifs is 2. The molecule has 1 aliphatic rings. The van der Waals surface area contributed by atoms with Gasteiger partial charge in [0, 0.05) is 31.7 Å². The van der Waals surface area contributed by atoms with Crippen molar-refractivity contribution in [3.63, 3.8) is 0 Å². The number of aromatic carboxylic acids is 1. The minimum atomic E-state index is -0.887. The van der Waals surface area contributed by atoms with Crippen molar-refractivity contribution in [3.05, 3.63) is 73.5 Å². The third-order valence-corrected chi connectivity index (χ3v) is 7.88. The van der Waals surface area contributed by atoms with E-state index < -0.39 is 11.9 Å². The fourth-order valence-corrected chi connectivity index (χ4v) is 6.37. The normalized spacial score (nSPS) is 13.5. The molecule has 5 rings (SSSR count). The highest BCUT2D eigenvalue weighted by Crippen LogP contribution is 2.38. The molecule has 1 amide bonds. The Morgan fingerprint density at radius 1 is 1.21 bits per heavy atom. The summed E-state index contributed by atoms with van der Waals surface area (Å²) in [5.41, 5.74) is 7.10. The van der Waals surface area contributed by atoms with Gasteiger partial charge in [0.25, 0.3) is 0 Å². The van der Waals surface area contributed by atoms with Crippen molar-refractivity contribution >= 4 is 56.3 Å². The highest BCUT2D eigenvalue weighted by atomic mass is 79.9. The van der Waals surface area contributed by atoms with Gasteiger partial charge in [0.1, 0.15) is 10.6 Å². The number of nitrogens with one attached hydrogen (secondary N) is 1. The minimum absolute atomic E-state index is 0.172. The van der Waals surface area contributed by atoms with E-state index in [2.05, 4.69) is 26.5 Å². The van der Waals surface area contributed by atoms with Crippen LogP contribution in [0.5, 0.6) is 0 Å². The summed E-state index contributed by atoms with van der Waals surface area (Å²) in [6, 6.07) is 9.13. The molecular weight excluding hydrogens is 518 g/mol. The van der Waals surface area contributed by atoms with Crippen LogP contribution in [-0.2, 0) is 12.8 Å². The van der Waals surface area contributed by atoms with Crippen molar-refractivity contribution in [1.82, 2.24) is 9.99 Å². The zero-order chi connectivity index (χ0) is 24.0. The summed E-state index contributed by atoms with van der Waals surface area (Å²) in [6.45, 7) is 3.87. The van der Waals surface area contributed by atoms with Gasteiger partial charge in [-0.25, -0.2) is 10.2 Å². The topological polar surface area (TPSA) is 96.8 Å². The number of furan rings is 1. The third-order valence-electron chi connectivity index (χ3n) is 6.11. The summed E-state index contributed by atoms with van der Waals surface area (Å²) < 4.78 is 8.48. The van der Waals surface area contributed by atoms with Crippen LogP contribution < -0.4 is 5.43 Å². The molecule has 174 valence electrons. The quantitative estimate of drug-likeness (QED) is 0.240. The van der Waals surface area contributed by atoms with Crippen LogP contribution in [0.2, 0.25) is 0 Å². The minimum Gasteiger partial charge on any atom is -0.478 e. The summed E-state index contributed by atoms with van der Waals surface area (Å²) in [5, 5.41) is 15.6. The van der Waals surface area contributed by atoms with Crippen molar-refractivity contribution < 1.29 is 19.1 Å². The summed E-state index contributed by atoms with van der Waals surface area (Å²) in [5.74, 6) is -1.16. The molecular formula is C25H22BrN3O4S. The van der Waals surface area contributed by atoms with Gasteiger partial charge >= 0.3 is 11.9 Å². The van der Waals surface area contributed by atoms with Crippen molar-refractivity contribution in [2.75, 3.05) is 0 Å². The molecule has 2 N–H and O–H groups in total. The summed E-state index contributed by atoms with van der Waals surface area (Å²) >= 11 is 4.97. The maximum atomic E-state index is 12.5. The highest BCUT2D eigenvalue weighted by molar-refractivity contribution is 9.10. The molecule has 3 heterocycles. The maximum absolute atomic E-state index is 12.5. The predicted octanol–water partition coefficient (Wildman–Crippen LogP) is 6.01. The molecule has 0 radical (unpaired) electrons. The first kappa shape index (κ1) is 22.6. The number of carboxylic acids is 1. The van der Waals surface area contributed by atoms with Gasteiger partial charge < -0.3 is 14.1 Å². The third kappa shape index (κ3) is 3.99. The van der Waals surface area contributed by atoms with Gasteiger partial charge in [-0.15, -0.1) is 11.3 Å². The van der Waals surface area contributed by atoms with E-state index >= 15 is 0 Å². The predicted molar refractivity (Wildman–Crippen MR) is 136 cm³/mol. The first-order valence-corrected chi connectivity index (χ1v) is 12.5. The summed E-state index contributed by atoms with van der Waals surface area (Å²) in [4.78, 5) is 25.8. The molecule has 1 aromatic carbocycles. The van der Waals surface area contributed by atoms with E-state index in [1.54, 1.807) is 29.7 Å². The Kier molecular flexibility index (Phi) is 5.91. The van der Waals surface area contributed by atoms with Crippen LogP contribution in [0.4, 0.5) is 0 Å². The van der Waals surface area contributed by atoms with Gasteiger partial charge in [-0.05, 0) is 75.4 Å². The fraction of sp³-hybridized carbons (Fsp3) is 0.240. The zero-order valence-electron chi connectivity index (χ0n) is 18.6. The number of hydrazone groups is 1. The number of benzene rings is 1. The van der Waals surface area contributed by atoms with E-state index in [4.69, 9.17) is 4.42 Å². The largest absolute Gasteiger partial charge is 0.478 e. The standard InChI is InChI=1S/C25H22BrN3O4S/c1-13-9-16(12-27-28-23(30)20-11-15-10-17(26)7-8-19(15)33-20)14(2)29(13)24-22(25(31)32)18-5-3-4-6-21(18)34-24/h7-12H,3-6H2,1-2H3,(H,28,30)(H,31,32)/b27-12+. The molecule has 0 aliphatic heterocycles. The second kappa shape index (κ2) is 8.88.